The number of hydrogen-bond acceptors (Lipinski definition) is 4. The van der Waals surface area contributed by atoms with Crippen LogP contribution >= 0.6 is 23.4 Å². The Morgan fingerprint density at radius 2 is 2.26 bits per heavy atom. The highest BCUT2D eigenvalue weighted by atomic mass is 35.5. The molecule has 1 N–H and O–H groups in total. The van der Waals surface area contributed by atoms with Crippen LogP contribution in [0, 0.1) is 17.1 Å². The summed E-state index contributed by atoms with van der Waals surface area (Å²) in [5.74, 6) is -0.629. The molecule has 0 aliphatic heterocycles. The van der Waals surface area contributed by atoms with E-state index in [0.29, 0.717) is 5.16 Å². The van der Waals surface area contributed by atoms with E-state index in [1.807, 2.05) is 0 Å². The summed E-state index contributed by atoms with van der Waals surface area (Å²) in [7, 11) is 0. The molecule has 0 atom stereocenters. The molecular weight excluding hydrogens is 289 g/mol. The van der Waals surface area contributed by atoms with Crippen molar-refractivity contribution in [3.8, 4) is 17.3 Å². The summed E-state index contributed by atoms with van der Waals surface area (Å²) < 4.78 is 13.4. The number of nitriles is 1. The second-order valence-corrected chi connectivity index (χ2v) is 4.68. The molecule has 7 heteroatoms. The van der Waals surface area contributed by atoms with E-state index in [9.17, 15) is 9.18 Å². The standard InChI is InChI=1S/C12H7ClFN3OS/c1-19-12-16-10(7(5-15)11(18)17-12)6-3-2-4-8(14)9(6)13/h2-4H,1H3,(H,16,17,18). The van der Waals surface area contributed by atoms with Crippen LogP contribution < -0.4 is 5.56 Å². The number of H-pyrrole nitrogens is 1. The van der Waals surface area contributed by atoms with E-state index in [2.05, 4.69) is 9.97 Å². The lowest BCUT2D eigenvalue weighted by Crippen LogP contribution is -2.14. The quantitative estimate of drug-likeness (QED) is 0.683. The second kappa shape index (κ2) is 5.43. The molecule has 0 spiro atoms. The molecule has 96 valence electrons. The van der Waals surface area contributed by atoms with E-state index < -0.39 is 11.4 Å². The molecule has 0 aliphatic carbocycles. The molecule has 0 bridgehead atoms. The summed E-state index contributed by atoms with van der Waals surface area (Å²) >= 11 is 7.07. The fourth-order valence-electron chi connectivity index (χ4n) is 1.53. The molecule has 19 heavy (non-hydrogen) atoms. The average Bonchev–Trinajstić information content (AvgIpc) is 2.41. The molecule has 1 aromatic heterocycles. The number of nitrogens with zero attached hydrogens (tertiary/aromatic N) is 2. The molecule has 0 unspecified atom stereocenters. The van der Waals surface area contributed by atoms with Crippen LogP contribution in [0.15, 0.2) is 28.2 Å². The number of aromatic nitrogens is 2. The Morgan fingerprint density at radius 3 is 2.89 bits per heavy atom. The van der Waals surface area contributed by atoms with Gasteiger partial charge in [-0.15, -0.1) is 0 Å². The number of hydrogen-bond donors (Lipinski definition) is 1. The van der Waals surface area contributed by atoms with Crippen molar-refractivity contribution in [2.75, 3.05) is 6.26 Å². The Kier molecular flexibility index (Phi) is 3.88. The predicted molar refractivity (Wildman–Crippen MR) is 71.8 cm³/mol. The largest absolute Gasteiger partial charge is 0.300 e. The highest BCUT2D eigenvalue weighted by Gasteiger charge is 2.17. The normalized spacial score (nSPS) is 10.2. The van der Waals surface area contributed by atoms with Crippen LogP contribution in [0.3, 0.4) is 0 Å². The van der Waals surface area contributed by atoms with Gasteiger partial charge in [-0.1, -0.05) is 35.5 Å². The number of nitrogens with one attached hydrogen (secondary N) is 1. The van der Waals surface area contributed by atoms with E-state index in [1.165, 1.54) is 30.0 Å². The van der Waals surface area contributed by atoms with Gasteiger partial charge in [0.1, 0.15) is 17.4 Å². The van der Waals surface area contributed by atoms with Gasteiger partial charge >= 0.3 is 0 Å². The van der Waals surface area contributed by atoms with Gasteiger partial charge in [0, 0.05) is 5.56 Å². The SMILES string of the molecule is CSc1nc(-c2cccc(F)c2Cl)c(C#N)c(=O)[nH]1. The average molecular weight is 296 g/mol. The minimum atomic E-state index is -0.629. The van der Waals surface area contributed by atoms with Gasteiger partial charge < -0.3 is 4.98 Å². The Bertz CT molecular complexity index is 739. The number of benzene rings is 1. The van der Waals surface area contributed by atoms with Crippen molar-refractivity contribution in [2.45, 2.75) is 5.16 Å². The van der Waals surface area contributed by atoms with Gasteiger partial charge in [0.2, 0.25) is 0 Å². The Hall–Kier alpha value is -1.84. The van der Waals surface area contributed by atoms with Crippen LogP contribution in [0.5, 0.6) is 0 Å². The molecule has 2 rings (SSSR count). The second-order valence-electron chi connectivity index (χ2n) is 3.51. The van der Waals surface area contributed by atoms with Crippen LogP contribution in [0.2, 0.25) is 5.02 Å². The topological polar surface area (TPSA) is 69.5 Å². The maximum atomic E-state index is 13.4. The smallest absolute Gasteiger partial charge is 0.270 e. The van der Waals surface area contributed by atoms with Gasteiger partial charge in [0.05, 0.1) is 10.7 Å². The highest BCUT2D eigenvalue weighted by Crippen LogP contribution is 2.30. The molecule has 1 aromatic carbocycles. The molecule has 0 amide bonds. The fraction of sp³-hybridized carbons (Fsp3) is 0.0833. The molecule has 2 aromatic rings. The van der Waals surface area contributed by atoms with E-state index in [0.717, 1.165) is 0 Å². The van der Waals surface area contributed by atoms with Crippen LogP contribution in [-0.2, 0) is 0 Å². The van der Waals surface area contributed by atoms with Gasteiger partial charge in [0.15, 0.2) is 5.16 Å². The maximum absolute atomic E-state index is 13.4. The number of halogens is 2. The first-order chi connectivity index (χ1) is 9.08. The lowest BCUT2D eigenvalue weighted by molar-refractivity contribution is 0.628. The van der Waals surface area contributed by atoms with Gasteiger partial charge in [-0.05, 0) is 12.3 Å². The van der Waals surface area contributed by atoms with Gasteiger partial charge in [-0.3, -0.25) is 4.79 Å². The third-order valence-electron chi connectivity index (χ3n) is 2.41. The Labute approximate surface area is 117 Å². The zero-order chi connectivity index (χ0) is 14.0. The van der Waals surface area contributed by atoms with Crippen molar-refractivity contribution >= 4 is 23.4 Å². The molecule has 4 nitrogen and oxygen atoms in total. The van der Waals surface area contributed by atoms with Crippen molar-refractivity contribution in [1.29, 1.82) is 5.26 Å². The predicted octanol–water partition coefficient (Wildman–Crippen LogP) is 2.82. The fourth-order valence-corrected chi connectivity index (χ4v) is 2.13. The van der Waals surface area contributed by atoms with Crippen molar-refractivity contribution in [1.82, 2.24) is 9.97 Å². The molecular formula is C12H7ClFN3OS. The third kappa shape index (κ3) is 2.48. The molecule has 0 saturated carbocycles. The zero-order valence-corrected chi connectivity index (χ0v) is 11.3. The number of thioether (sulfide) groups is 1. The molecule has 0 radical (unpaired) electrons. The summed E-state index contributed by atoms with van der Waals surface area (Å²) in [6, 6.07) is 5.91. The van der Waals surface area contributed by atoms with Crippen LogP contribution in [0.25, 0.3) is 11.3 Å². The van der Waals surface area contributed by atoms with Crippen molar-refractivity contribution in [2.24, 2.45) is 0 Å². The van der Waals surface area contributed by atoms with E-state index >= 15 is 0 Å². The molecule has 0 fully saturated rings. The van der Waals surface area contributed by atoms with Gasteiger partial charge in [-0.25, -0.2) is 9.37 Å². The third-order valence-corrected chi connectivity index (χ3v) is 3.37. The van der Waals surface area contributed by atoms with Crippen LogP contribution in [0.4, 0.5) is 4.39 Å². The first-order valence-electron chi connectivity index (χ1n) is 5.11. The number of rotatable bonds is 2. The van der Waals surface area contributed by atoms with Crippen molar-refractivity contribution in [3.05, 3.63) is 45.0 Å². The molecule has 0 saturated heterocycles. The summed E-state index contributed by atoms with van der Waals surface area (Å²) in [6.07, 6.45) is 1.72. The highest BCUT2D eigenvalue weighted by molar-refractivity contribution is 7.98. The van der Waals surface area contributed by atoms with Crippen LogP contribution in [-0.4, -0.2) is 16.2 Å². The van der Waals surface area contributed by atoms with E-state index in [4.69, 9.17) is 16.9 Å². The van der Waals surface area contributed by atoms with Gasteiger partial charge in [0.25, 0.3) is 5.56 Å². The van der Waals surface area contributed by atoms with Crippen LogP contribution in [0.1, 0.15) is 5.56 Å². The number of aromatic amines is 1. The van der Waals surface area contributed by atoms with Crippen molar-refractivity contribution in [3.63, 3.8) is 0 Å². The monoisotopic (exact) mass is 295 g/mol. The van der Waals surface area contributed by atoms with E-state index in [1.54, 1.807) is 12.3 Å². The maximum Gasteiger partial charge on any atom is 0.270 e. The summed E-state index contributed by atoms with van der Waals surface area (Å²) in [5, 5.41) is 9.20. The summed E-state index contributed by atoms with van der Waals surface area (Å²) in [6.45, 7) is 0. The minimum absolute atomic E-state index is 0.0834. The molecule has 1 heterocycles. The lowest BCUT2D eigenvalue weighted by atomic mass is 10.1. The van der Waals surface area contributed by atoms with Crippen molar-refractivity contribution < 1.29 is 4.39 Å². The Balaban J connectivity index is 2.81. The van der Waals surface area contributed by atoms with Gasteiger partial charge in [-0.2, -0.15) is 5.26 Å². The summed E-state index contributed by atoms with van der Waals surface area (Å²) in [4.78, 5) is 18.3. The zero-order valence-electron chi connectivity index (χ0n) is 9.70. The first kappa shape index (κ1) is 13.6. The summed E-state index contributed by atoms with van der Waals surface area (Å²) in [5.41, 5.74) is -0.456. The van der Waals surface area contributed by atoms with E-state index in [-0.39, 0.29) is 21.8 Å². The Morgan fingerprint density at radius 1 is 1.53 bits per heavy atom. The minimum Gasteiger partial charge on any atom is -0.300 e. The lowest BCUT2D eigenvalue weighted by Gasteiger charge is -2.07. The molecule has 0 aliphatic rings. The first-order valence-corrected chi connectivity index (χ1v) is 6.71.